The monoisotopic (exact) mass is 221 g/mol. The Morgan fingerprint density at radius 3 is 2.73 bits per heavy atom. The van der Waals surface area contributed by atoms with E-state index in [1.54, 1.807) is 0 Å². The fourth-order valence-corrected chi connectivity index (χ4v) is 0.859. The van der Waals surface area contributed by atoms with E-state index in [9.17, 15) is 18.0 Å². The van der Waals surface area contributed by atoms with E-state index in [0.29, 0.717) is 0 Å². The molecule has 7 heteroatoms. The van der Waals surface area contributed by atoms with Crippen LogP contribution in [0.15, 0.2) is 18.3 Å². The van der Waals surface area contributed by atoms with E-state index in [0.717, 1.165) is 12.3 Å². The van der Waals surface area contributed by atoms with Crippen molar-refractivity contribution < 1.29 is 27.8 Å². The Morgan fingerprint density at radius 1 is 1.53 bits per heavy atom. The van der Waals surface area contributed by atoms with Crippen LogP contribution < -0.4 is 4.74 Å². The van der Waals surface area contributed by atoms with Crippen LogP contribution in [-0.4, -0.2) is 22.7 Å². The summed E-state index contributed by atoms with van der Waals surface area (Å²) < 4.78 is 41.3. The fraction of sp³-hybridized carbons (Fsp3) is 0.250. The van der Waals surface area contributed by atoms with Crippen LogP contribution in [0.1, 0.15) is 5.69 Å². The predicted octanol–water partition coefficient (Wildman–Crippen LogP) is 1.56. The molecule has 4 nitrogen and oxygen atoms in total. The molecule has 0 bridgehead atoms. The average Bonchev–Trinajstić information content (AvgIpc) is 2.13. The Kier molecular flexibility index (Phi) is 3.13. The number of nitrogens with zero attached hydrogens (tertiary/aromatic N) is 1. The fourth-order valence-electron chi connectivity index (χ4n) is 0.859. The van der Waals surface area contributed by atoms with Crippen LogP contribution in [0.3, 0.4) is 0 Å². The van der Waals surface area contributed by atoms with E-state index in [1.807, 2.05) is 0 Å². The van der Waals surface area contributed by atoms with Gasteiger partial charge in [-0.05, 0) is 12.1 Å². The maximum absolute atomic E-state index is 12.3. The number of hydrogen-bond acceptors (Lipinski definition) is 3. The Hall–Kier alpha value is -1.79. The summed E-state index contributed by atoms with van der Waals surface area (Å²) in [6.07, 6.45) is -3.70. The van der Waals surface area contributed by atoms with Crippen LogP contribution in [-0.2, 0) is 11.0 Å². The molecular formula is C8H6F3NO3. The Labute approximate surface area is 82.3 Å². The number of halogens is 3. The minimum Gasteiger partial charge on any atom is -0.480 e. The molecule has 1 aromatic rings. The Bertz CT molecular complexity index is 364. The van der Waals surface area contributed by atoms with Gasteiger partial charge in [0.15, 0.2) is 18.1 Å². The highest BCUT2D eigenvalue weighted by Gasteiger charge is 2.36. The van der Waals surface area contributed by atoms with E-state index in [2.05, 4.69) is 9.72 Å². The molecule has 82 valence electrons. The van der Waals surface area contributed by atoms with Gasteiger partial charge in [0.05, 0.1) is 0 Å². The number of rotatable bonds is 3. The normalized spacial score (nSPS) is 11.1. The van der Waals surface area contributed by atoms with Gasteiger partial charge in [0.1, 0.15) is 0 Å². The van der Waals surface area contributed by atoms with Crippen LogP contribution in [0.2, 0.25) is 0 Å². The van der Waals surface area contributed by atoms with E-state index in [1.165, 1.54) is 6.07 Å². The van der Waals surface area contributed by atoms with Crippen molar-refractivity contribution in [1.29, 1.82) is 0 Å². The molecule has 0 amide bonds. The van der Waals surface area contributed by atoms with Gasteiger partial charge >= 0.3 is 12.1 Å². The summed E-state index contributed by atoms with van der Waals surface area (Å²) in [5.74, 6) is -1.95. The Morgan fingerprint density at radius 2 is 2.20 bits per heavy atom. The zero-order valence-corrected chi connectivity index (χ0v) is 7.28. The predicted molar refractivity (Wildman–Crippen MR) is 42.4 cm³/mol. The van der Waals surface area contributed by atoms with Crippen molar-refractivity contribution >= 4 is 5.97 Å². The minimum absolute atomic E-state index is 0.590. The number of alkyl halides is 3. The van der Waals surface area contributed by atoms with Gasteiger partial charge in [-0.15, -0.1) is 0 Å². The minimum atomic E-state index is -4.66. The molecule has 0 unspecified atom stereocenters. The first-order chi connectivity index (χ1) is 6.91. The summed E-state index contributed by atoms with van der Waals surface area (Å²) in [4.78, 5) is 13.2. The first-order valence-corrected chi connectivity index (χ1v) is 3.78. The maximum atomic E-state index is 12.3. The van der Waals surface area contributed by atoms with Crippen LogP contribution in [0.4, 0.5) is 13.2 Å². The van der Waals surface area contributed by atoms with Crippen molar-refractivity contribution in [2.24, 2.45) is 0 Å². The highest BCUT2D eigenvalue weighted by Crippen LogP contribution is 2.33. The zero-order chi connectivity index (χ0) is 11.5. The molecule has 1 rings (SSSR count). The van der Waals surface area contributed by atoms with Crippen LogP contribution in [0.5, 0.6) is 5.75 Å². The van der Waals surface area contributed by atoms with Gasteiger partial charge in [0.2, 0.25) is 0 Å². The number of aromatic nitrogens is 1. The smallest absolute Gasteiger partial charge is 0.437 e. The van der Waals surface area contributed by atoms with Gasteiger partial charge < -0.3 is 9.84 Å². The largest absolute Gasteiger partial charge is 0.480 e. The number of pyridine rings is 1. The highest BCUT2D eigenvalue weighted by molar-refractivity contribution is 5.68. The Balaban J connectivity index is 2.92. The lowest BCUT2D eigenvalue weighted by molar-refractivity contribution is -0.145. The first kappa shape index (κ1) is 11.3. The molecule has 0 atom stereocenters. The molecule has 0 saturated heterocycles. The van der Waals surface area contributed by atoms with Crippen molar-refractivity contribution in [1.82, 2.24) is 4.98 Å². The molecule has 0 radical (unpaired) electrons. The second-order valence-corrected chi connectivity index (χ2v) is 2.53. The summed E-state index contributed by atoms with van der Waals surface area (Å²) in [5.41, 5.74) is -1.23. The van der Waals surface area contributed by atoms with E-state index < -0.39 is 30.2 Å². The maximum Gasteiger partial charge on any atom is 0.437 e. The zero-order valence-electron chi connectivity index (χ0n) is 7.28. The summed E-state index contributed by atoms with van der Waals surface area (Å²) in [5, 5.41) is 8.24. The molecule has 0 fully saturated rings. The summed E-state index contributed by atoms with van der Waals surface area (Å²) in [7, 11) is 0. The highest BCUT2D eigenvalue weighted by atomic mass is 19.4. The number of ether oxygens (including phenoxy) is 1. The second-order valence-electron chi connectivity index (χ2n) is 2.53. The van der Waals surface area contributed by atoms with Crippen LogP contribution >= 0.6 is 0 Å². The lowest BCUT2D eigenvalue weighted by atomic mass is 10.3. The van der Waals surface area contributed by atoms with Gasteiger partial charge in [-0.1, -0.05) is 0 Å². The van der Waals surface area contributed by atoms with Crippen LogP contribution in [0.25, 0.3) is 0 Å². The van der Waals surface area contributed by atoms with Gasteiger partial charge in [-0.2, -0.15) is 13.2 Å². The third-order valence-corrected chi connectivity index (χ3v) is 1.39. The molecule has 1 heterocycles. The third-order valence-electron chi connectivity index (χ3n) is 1.39. The van der Waals surface area contributed by atoms with Crippen molar-refractivity contribution in [3.63, 3.8) is 0 Å². The molecule has 1 aromatic heterocycles. The topological polar surface area (TPSA) is 59.4 Å². The molecular weight excluding hydrogens is 215 g/mol. The molecule has 0 aromatic carbocycles. The first-order valence-electron chi connectivity index (χ1n) is 3.78. The van der Waals surface area contributed by atoms with Crippen molar-refractivity contribution in [3.8, 4) is 5.75 Å². The van der Waals surface area contributed by atoms with Crippen molar-refractivity contribution in [3.05, 3.63) is 24.0 Å². The summed E-state index contributed by atoms with van der Waals surface area (Å²) in [6.45, 7) is -0.839. The SMILES string of the molecule is O=C(O)COc1cccnc1C(F)(F)F. The number of aliphatic carboxylic acids is 1. The standard InChI is InChI=1S/C8H6F3NO3/c9-8(10,11)7-5(2-1-3-12-7)15-4-6(13)14/h1-3H,4H2,(H,13,14). The molecule has 0 spiro atoms. The molecule has 15 heavy (non-hydrogen) atoms. The number of hydrogen-bond donors (Lipinski definition) is 1. The third kappa shape index (κ3) is 3.12. The van der Waals surface area contributed by atoms with E-state index in [-0.39, 0.29) is 0 Å². The van der Waals surface area contributed by atoms with Crippen molar-refractivity contribution in [2.75, 3.05) is 6.61 Å². The number of carboxylic acid groups (broad SMARTS) is 1. The summed E-state index contributed by atoms with van der Waals surface area (Å²) in [6, 6.07) is 2.24. The molecule has 0 aliphatic heterocycles. The van der Waals surface area contributed by atoms with Gasteiger partial charge in [0, 0.05) is 6.20 Å². The quantitative estimate of drug-likeness (QED) is 0.841. The van der Waals surface area contributed by atoms with Gasteiger partial charge in [-0.25, -0.2) is 9.78 Å². The molecule has 0 aliphatic rings. The number of carboxylic acids is 1. The van der Waals surface area contributed by atoms with Gasteiger partial charge in [0.25, 0.3) is 0 Å². The van der Waals surface area contributed by atoms with E-state index >= 15 is 0 Å². The molecule has 0 aliphatic carbocycles. The molecule has 1 N–H and O–H groups in total. The van der Waals surface area contributed by atoms with Crippen molar-refractivity contribution in [2.45, 2.75) is 6.18 Å². The lowest BCUT2D eigenvalue weighted by Crippen LogP contribution is -2.15. The number of carbonyl (C=O) groups is 1. The van der Waals surface area contributed by atoms with Crippen LogP contribution in [0, 0.1) is 0 Å². The van der Waals surface area contributed by atoms with E-state index in [4.69, 9.17) is 5.11 Å². The lowest BCUT2D eigenvalue weighted by Gasteiger charge is -2.10. The summed E-state index contributed by atoms with van der Waals surface area (Å²) >= 11 is 0. The average molecular weight is 221 g/mol. The molecule has 0 saturated carbocycles. The second kappa shape index (κ2) is 4.16. The van der Waals surface area contributed by atoms with Gasteiger partial charge in [-0.3, -0.25) is 0 Å².